The Morgan fingerprint density at radius 3 is 2.47 bits per heavy atom. The molecule has 1 rings (SSSR count). The second-order valence-corrected chi connectivity index (χ2v) is 4.36. The van der Waals surface area contributed by atoms with Crippen molar-refractivity contribution in [3.63, 3.8) is 0 Å². The summed E-state index contributed by atoms with van der Waals surface area (Å²) in [6.07, 6.45) is 2.28. The van der Waals surface area contributed by atoms with Gasteiger partial charge in [0.1, 0.15) is 5.41 Å². The molecule has 1 amide bonds. The fraction of sp³-hybridized carbons (Fsp3) is 0.818. The van der Waals surface area contributed by atoms with Gasteiger partial charge < -0.3 is 10.0 Å². The zero-order valence-electron chi connectivity index (χ0n) is 9.36. The van der Waals surface area contributed by atoms with Gasteiger partial charge in [-0.1, -0.05) is 0 Å². The maximum atomic E-state index is 12.1. The molecule has 0 aromatic carbocycles. The summed E-state index contributed by atoms with van der Waals surface area (Å²) in [4.78, 5) is 13.7. The highest BCUT2D eigenvalue weighted by atomic mass is 16.3. The zero-order valence-corrected chi connectivity index (χ0v) is 9.36. The SMILES string of the molecule is CC(C)N(CCO)C(=O)C1(C#N)CCC1. The van der Waals surface area contributed by atoms with E-state index in [9.17, 15) is 4.79 Å². The Morgan fingerprint density at radius 2 is 2.20 bits per heavy atom. The van der Waals surface area contributed by atoms with Gasteiger partial charge in [0.15, 0.2) is 0 Å². The third kappa shape index (κ3) is 2.13. The lowest BCUT2D eigenvalue weighted by Gasteiger charge is -2.39. The van der Waals surface area contributed by atoms with Crippen molar-refractivity contribution in [2.75, 3.05) is 13.2 Å². The molecule has 0 unspecified atom stereocenters. The molecule has 0 saturated heterocycles. The van der Waals surface area contributed by atoms with Crippen LogP contribution < -0.4 is 0 Å². The van der Waals surface area contributed by atoms with Crippen LogP contribution in [0.1, 0.15) is 33.1 Å². The fourth-order valence-corrected chi connectivity index (χ4v) is 1.88. The van der Waals surface area contributed by atoms with E-state index >= 15 is 0 Å². The van der Waals surface area contributed by atoms with Gasteiger partial charge in [0.25, 0.3) is 0 Å². The van der Waals surface area contributed by atoms with E-state index in [1.807, 2.05) is 13.8 Å². The van der Waals surface area contributed by atoms with E-state index in [1.54, 1.807) is 4.90 Å². The van der Waals surface area contributed by atoms with Gasteiger partial charge in [-0.05, 0) is 33.1 Å². The highest BCUT2D eigenvalue weighted by molar-refractivity contribution is 5.86. The smallest absolute Gasteiger partial charge is 0.243 e. The molecule has 84 valence electrons. The summed E-state index contributed by atoms with van der Waals surface area (Å²) in [7, 11) is 0. The summed E-state index contributed by atoms with van der Waals surface area (Å²) >= 11 is 0. The minimum Gasteiger partial charge on any atom is -0.395 e. The van der Waals surface area contributed by atoms with Gasteiger partial charge in [0.2, 0.25) is 5.91 Å². The molecule has 4 heteroatoms. The summed E-state index contributed by atoms with van der Waals surface area (Å²) in [6.45, 7) is 4.07. The molecule has 1 N–H and O–H groups in total. The first-order valence-corrected chi connectivity index (χ1v) is 5.40. The van der Waals surface area contributed by atoms with Crippen molar-refractivity contribution in [1.29, 1.82) is 5.26 Å². The van der Waals surface area contributed by atoms with Crippen molar-refractivity contribution < 1.29 is 9.90 Å². The number of carbonyl (C=O) groups excluding carboxylic acids is 1. The summed E-state index contributed by atoms with van der Waals surface area (Å²) in [5.41, 5.74) is -0.792. The van der Waals surface area contributed by atoms with Crippen LogP contribution in [-0.4, -0.2) is 35.1 Å². The first kappa shape index (κ1) is 12.0. The molecule has 0 bridgehead atoms. The molecular formula is C11H18N2O2. The van der Waals surface area contributed by atoms with E-state index in [4.69, 9.17) is 10.4 Å². The van der Waals surface area contributed by atoms with Crippen molar-refractivity contribution >= 4 is 5.91 Å². The molecule has 0 aliphatic heterocycles. The van der Waals surface area contributed by atoms with Crippen LogP contribution in [0.15, 0.2) is 0 Å². The Bertz CT molecular complexity index is 277. The Morgan fingerprint density at radius 1 is 1.60 bits per heavy atom. The summed E-state index contributed by atoms with van der Waals surface area (Å²) < 4.78 is 0. The van der Waals surface area contributed by atoms with Gasteiger partial charge in [0, 0.05) is 12.6 Å². The minimum absolute atomic E-state index is 0.0375. The van der Waals surface area contributed by atoms with Crippen LogP contribution in [0.5, 0.6) is 0 Å². The normalized spacial score (nSPS) is 18.1. The summed E-state index contributed by atoms with van der Waals surface area (Å²) in [6, 6.07) is 2.17. The molecule has 1 aliphatic rings. The Kier molecular flexibility index (Phi) is 3.70. The molecule has 1 fully saturated rings. The molecule has 0 radical (unpaired) electrons. The van der Waals surface area contributed by atoms with Crippen molar-refractivity contribution in [3.8, 4) is 6.07 Å². The Balaban J connectivity index is 2.76. The average molecular weight is 210 g/mol. The number of rotatable bonds is 4. The molecule has 15 heavy (non-hydrogen) atoms. The number of hydrogen-bond acceptors (Lipinski definition) is 3. The molecule has 0 aromatic heterocycles. The van der Waals surface area contributed by atoms with Crippen molar-refractivity contribution in [3.05, 3.63) is 0 Å². The predicted molar refractivity (Wildman–Crippen MR) is 55.8 cm³/mol. The Labute approximate surface area is 90.5 Å². The third-order valence-electron chi connectivity index (χ3n) is 3.06. The first-order valence-electron chi connectivity index (χ1n) is 5.40. The van der Waals surface area contributed by atoms with Crippen LogP contribution in [0.3, 0.4) is 0 Å². The third-order valence-corrected chi connectivity index (χ3v) is 3.06. The van der Waals surface area contributed by atoms with Gasteiger partial charge in [-0.15, -0.1) is 0 Å². The Hall–Kier alpha value is -1.08. The molecule has 1 aliphatic carbocycles. The van der Waals surface area contributed by atoms with E-state index in [2.05, 4.69) is 6.07 Å². The fourth-order valence-electron chi connectivity index (χ4n) is 1.88. The van der Waals surface area contributed by atoms with Gasteiger partial charge in [-0.2, -0.15) is 5.26 Å². The molecule has 0 atom stereocenters. The van der Waals surface area contributed by atoms with Crippen molar-refractivity contribution in [2.24, 2.45) is 5.41 Å². The number of aliphatic hydroxyl groups excluding tert-OH is 1. The predicted octanol–water partition coefficient (Wildman–Crippen LogP) is 0.910. The number of carbonyl (C=O) groups is 1. The highest BCUT2D eigenvalue weighted by Crippen LogP contribution is 2.42. The van der Waals surface area contributed by atoms with Gasteiger partial charge in [-0.25, -0.2) is 0 Å². The second kappa shape index (κ2) is 4.63. The van der Waals surface area contributed by atoms with E-state index in [-0.39, 0.29) is 18.6 Å². The van der Waals surface area contributed by atoms with Gasteiger partial charge in [0.05, 0.1) is 12.7 Å². The van der Waals surface area contributed by atoms with Crippen LogP contribution in [-0.2, 0) is 4.79 Å². The maximum Gasteiger partial charge on any atom is 0.243 e. The lowest BCUT2D eigenvalue weighted by atomic mass is 9.69. The largest absolute Gasteiger partial charge is 0.395 e. The van der Waals surface area contributed by atoms with E-state index in [0.29, 0.717) is 19.4 Å². The highest BCUT2D eigenvalue weighted by Gasteiger charge is 2.47. The molecule has 0 aromatic rings. The second-order valence-electron chi connectivity index (χ2n) is 4.36. The van der Waals surface area contributed by atoms with E-state index in [1.165, 1.54) is 0 Å². The molecule has 4 nitrogen and oxygen atoms in total. The van der Waals surface area contributed by atoms with Crippen molar-refractivity contribution in [2.45, 2.75) is 39.2 Å². The van der Waals surface area contributed by atoms with Crippen LogP contribution in [0.4, 0.5) is 0 Å². The summed E-state index contributed by atoms with van der Waals surface area (Å²) in [5.74, 6) is -0.111. The molecule has 0 heterocycles. The lowest BCUT2D eigenvalue weighted by molar-refractivity contribution is -0.145. The molecule has 0 spiro atoms. The topological polar surface area (TPSA) is 64.3 Å². The van der Waals surface area contributed by atoms with E-state index < -0.39 is 5.41 Å². The minimum atomic E-state index is -0.792. The maximum absolute atomic E-state index is 12.1. The van der Waals surface area contributed by atoms with Gasteiger partial charge in [-0.3, -0.25) is 4.79 Å². The average Bonchev–Trinajstić information content (AvgIpc) is 2.12. The quantitative estimate of drug-likeness (QED) is 0.750. The number of nitriles is 1. The van der Waals surface area contributed by atoms with E-state index in [0.717, 1.165) is 6.42 Å². The lowest BCUT2D eigenvalue weighted by Crippen LogP contribution is -2.50. The van der Waals surface area contributed by atoms with Crippen LogP contribution in [0, 0.1) is 16.7 Å². The monoisotopic (exact) mass is 210 g/mol. The van der Waals surface area contributed by atoms with Gasteiger partial charge >= 0.3 is 0 Å². The molecule has 1 saturated carbocycles. The number of aliphatic hydroxyl groups is 1. The van der Waals surface area contributed by atoms with Crippen molar-refractivity contribution in [1.82, 2.24) is 4.90 Å². The number of nitrogens with zero attached hydrogens (tertiary/aromatic N) is 2. The van der Waals surface area contributed by atoms with Crippen LogP contribution in [0.2, 0.25) is 0 Å². The standard InChI is InChI=1S/C11H18N2O2/c1-9(2)13(6-7-14)10(15)11(8-12)4-3-5-11/h9,14H,3-7H2,1-2H3. The van der Waals surface area contributed by atoms with Crippen LogP contribution in [0.25, 0.3) is 0 Å². The summed E-state index contributed by atoms with van der Waals surface area (Å²) in [5, 5.41) is 17.9. The number of hydrogen-bond donors (Lipinski definition) is 1. The number of amides is 1. The zero-order chi connectivity index (χ0) is 11.5. The van der Waals surface area contributed by atoms with Crippen LogP contribution >= 0.6 is 0 Å². The molecular weight excluding hydrogens is 192 g/mol. The first-order chi connectivity index (χ1) is 7.07.